The van der Waals surface area contributed by atoms with Crippen LogP contribution in [0.5, 0.6) is 0 Å². The van der Waals surface area contributed by atoms with Crippen LogP contribution in [0.25, 0.3) is 0 Å². The Bertz CT molecular complexity index is 570. The van der Waals surface area contributed by atoms with Crippen molar-refractivity contribution >= 4 is 5.91 Å². The van der Waals surface area contributed by atoms with Gasteiger partial charge in [0.25, 0.3) is 5.91 Å². The first-order valence-electron chi connectivity index (χ1n) is 6.10. The smallest absolute Gasteiger partial charge is 0.254 e. The van der Waals surface area contributed by atoms with Crippen molar-refractivity contribution in [2.24, 2.45) is 0 Å². The molecule has 0 aliphatic heterocycles. The van der Waals surface area contributed by atoms with Gasteiger partial charge in [0, 0.05) is 18.9 Å². The molecule has 1 aromatic carbocycles. The molecule has 1 heterocycles. The quantitative estimate of drug-likeness (QED) is 0.915. The summed E-state index contributed by atoms with van der Waals surface area (Å²) in [6, 6.07) is 8.36. The third-order valence-corrected chi connectivity index (χ3v) is 2.82. The average molecular weight is 258 g/mol. The van der Waals surface area contributed by atoms with Crippen LogP contribution in [0.2, 0.25) is 0 Å². The fourth-order valence-corrected chi connectivity index (χ4v) is 1.77. The predicted molar refractivity (Wildman–Crippen MR) is 71.4 cm³/mol. The summed E-state index contributed by atoms with van der Waals surface area (Å²) in [6.45, 7) is 2.25. The molecule has 0 bridgehead atoms. The zero-order valence-corrected chi connectivity index (χ0v) is 10.7. The van der Waals surface area contributed by atoms with Crippen LogP contribution in [0.4, 0.5) is 4.39 Å². The lowest BCUT2D eigenvalue weighted by Crippen LogP contribution is -2.26. The molecule has 0 saturated heterocycles. The second-order valence-corrected chi connectivity index (χ2v) is 4.34. The first kappa shape index (κ1) is 13.2. The van der Waals surface area contributed by atoms with Gasteiger partial charge >= 0.3 is 0 Å². The highest BCUT2D eigenvalue weighted by molar-refractivity contribution is 5.94. The molecule has 0 unspecified atom stereocenters. The number of nitrogens with one attached hydrogen (secondary N) is 1. The van der Waals surface area contributed by atoms with E-state index in [0.717, 1.165) is 11.1 Å². The zero-order chi connectivity index (χ0) is 13.7. The number of hydrogen-bond donors (Lipinski definition) is 1. The first-order valence-corrected chi connectivity index (χ1v) is 6.10. The Morgan fingerprint density at radius 1 is 1.26 bits per heavy atom. The number of carbonyl (C=O) groups excluding carboxylic acids is 1. The highest BCUT2D eigenvalue weighted by Crippen LogP contribution is 2.09. The van der Waals surface area contributed by atoms with Gasteiger partial charge in [-0.15, -0.1) is 0 Å². The van der Waals surface area contributed by atoms with Gasteiger partial charge in [0.05, 0.1) is 5.56 Å². The van der Waals surface area contributed by atoms with Crippen molar-refractivity contribution < 1.29 is 9.18 Å². The Morgan fingerprint density at radius 3 is 2.68 bits per heavy atom. The molecule has 2 rings (SSSR count). The minimum Gasteiger partial charge on any atom is -0.352 e. The molecular formula is C15H15FN2O. The van der Waals surface area contributed by atoms with Gasteiger partial charge in [0.15, 0.2) is 0 Å². The van der Waals surface area contributed by atoms with E-state index >= 15 is 0 Å². The molecule has 3 nitrogen and oxygen atoms in total. The van der Waals surface area contributed by atoms with Crippen LogP contribution in [0.1, 0.15) is 21.5 Å². The largest absolute Gasteiger partial charge is 0.352 e. The summed E-state index contributed by atoms with van der Waals surface area (Å²) in [5, 5.41) is 2.71. The number of pyridine rings is 1. The topological polar surface area (TPSA) is 42.0 Å². The molecule has 0 saturated carbocycles. The van der Waals surface area contributed by atoms with Gasteiger partial charge in [-0.1, -0.05) is 6.07 Å². The standard InChI is InChI=1S/C15H15FN2O/c1-11-2-3-13(14(16)10-11)15(19)18-9-6-12-4-7-17-8-5-12/h2-5,7-8,10H,6,9H2,1H3,(H,18,19). The molecule has 0 aliphatic carbocycles. The van der Waals surface area contributed by atoms with Crippen molar-refractivity contribution in [1.82, 2.24) is 10.3 Å². The zero-order valence-electron chi connectivity index (χ0n) is 10.7. The van der Waals surface area contributed by atoms with E-state index < -0.39 is 5.82 Å². The lowest BCUT2D eigenvalue weighted by atomic mass is 10.1. The summed E-state index contributed by atoms with van der Waals surface area (Å²) in [5.41, 5.74) is 1.96. The molecule has 98 valence electrons. The molecule has 0 aliphatic rings. The van der Waals surface area contributed by atoms with E-state index in [0.29, 0.717) is 13.0 Å². The van der Waals surface area contributed by atoms with Crippen LogP contribution in [-0.2, 0) is 6.42 Å². The number of nitrogens with zero attached hydrogens (tertiary/aromatic N) is 1. The molecular weight excluding hydrogens is 243 g/mol. The average Bonchev–Trinajstić information content (AvgIpc) is 2.39. The third kappa shape index (κ3) is 3.61. The molecule has 1 amide bonds. The molecule has 1 aromatic heterocycles. The Kier molecular flexibility index (Phi) is 4.23. The highest BCUT2D eigenvalue weighted by Gasteiger charge is 2.10. The van der Waals surface area contributed by atoms with Gasteiger partial charge in [0.1, 0.15) is 5.82 Å². The molecule has 0 spiro atoms. The van der Waals surface area contributed by atoms with Gasteiger partial charge in [-0.05, 0) is 48.7 Å². The molecule has 2 aromatic rings. The van der Waals surface area contributed by atoms with Gasteiger partial charge in [0.2, 0.25) is 0 Å². The monoisotopic (exact) mass is 258 g/mol. The third-order valence-electron chi connectivity index (χ3n) is 2.82. The van der Waals surface area contributed by atoms with Crippen molar-refractivity contribution in [3.8, 4) is 0 Å². The Labute approximate surface area is 111 Å². The van der Waals surface area contributed by atoms with Crippen LogP contribution in [0, 0.1) is 12.7 Å². The van der Waals surface area contributed by atoms with Gasteiger partial charge < -0.3 is 5.32 Å². The number of carbonyl (C=O) groups is 1. The first-order chi connectivity index (χ1) is 9.16. The SMILES string of the molecule is Cc1ccc(C(=O)NCCc2ccncc2)c(F)c1. The molecule has 0 atom stereocenters. The number of benzene rings is 1. The summed E-state index contributed by atoms with van der Waals surface area (Å²) in [7, 11) is 0. The number of halogens is 1. The summed E-state index contributed by atoms with van der Waals surface area (Å²) >= 11 is 0. The van der Waals surface area contributed by atoms with Gasteiger partial charge in [-0.25, -0.2) is 4.39 Å². The maximum atomic E-state index is 13.6. The Balaban J connectivity index is 1.91. The van der Waals surface area contributed by atoms with Crippen LogP contribution in [0.15, 0.2) is 42.7 Å². The lowest BCUT2D eigenvalue weighted by molar-refractivity contribution is 0.0950. The van der Waals surface area contributed by atoms with E-state index in [4.69, 9.17) is 0 Å². The van der Waals surface area contributed by atoms with Gasteiger partial charge in [-0.3, -0.25) is 9.78 Å². The van der Waals surface area contributed by atoms with E-state index in [1.807, 2.05) is 12.1 Å². The predicted octanol–water partition coefficient (Wildman–Crippen LogP) is 2.50. The maximum absolute atomic E-state index is 13.6. The van der Waals surface area contributed by atoms with E-state index in [9.17, 15) is 9.18 Å². The fourth-order valence-electron chi connectivity index (χ4n) is 1.77. The minimum atomic E-state index is -0.485. The van der Waals surface area contributed by atoms with Crippen molar-refractivity contribution in [1.29, 1.82) is 0 Å². The molecule has 19 heavy (non-hydrogen) atoms. The normalized spacial score (nSPS) is 10.2. The number of amides is 1. The summed E-state index contributed by atoms with van der Waals surface area (Å²) < 4.78 is 13.6. The summed E-state index contributed by atoms with van der Waals surface area (Å²) in [6.07, 6.45) is 4.11. The summed E-state index contributed by atoms with van der Waals surface area (Å²) in [5.74, 6) is -0.868. The molecule has 1 N–H and O–H groups in total. The maximum Gasteiger partial charge on any atom is 0.254 e. The van der Waals surface area contributed by atoms with E-state index in [1.54, 1.807) is 25.4 Å². The van der Waals surface area contributed by atoms with Crippen molar-refractivity contribution in [2.45, 2.75) is 13.3 Å². The highest BCUT2D eigenvalue weighted by atomic mass is 19.1. The van der Waals surface area contributed by atoms with Crippen molar-refractivity contribution in [3.05, 3.63) is 65.2 Å². The van der Waals surface area contributed by atoms with E-state index in [2.05, 4.69) is 10.3 Å². The Hall–Kier alpha value is -2.23. The van der Waals surface area contributed by atoms with Crippen molar-refractivity contribution in [3.63, 3.8) is 0 Å². The Morgan fingerprint density at radius 2 is 2.00 bits per heavy atom. The minimum absolute atomic E-state index is 0.0836. The summed E-state index contributed by atoms with van der Waals surface area (Å²) in [4.78, 5) is 15.7. The van der Waals surface area contributed by atoms with Gasteiger partial charge in [-0.2, -0.15) is 0 Å². The van der Waals surface area contributed by atoms with Crippen LogP contribution >= 0.6 is 0 Å². The van der Waals surface area contributed by atoms with Crippen LogP contribution in [-0.4, -0.2) is 17.4 Å². The molecule has 0 radical (unpaired) electrons. The second kappa shape index (κ2) is 6.09. The molecule has 0 fully saturated rings. The second-order valence-electron chi connectivity index (χ2n) is 4.34. The fraction of sp³-hybridized carbons (Fsp3) is 0.200. The number of aryl methyl sites for hydroxylation is 1. The number of aromatic nitrogens is 1. The number of hydrogen-bond acceptors (Lipinski definition) is 2. The number of rotatable bonds is 4. The molecule has 4 heteroatoms. The lowest BCUT2D eigenvalue weighted by Gasteiger charge is -2.06. The van der Waals surface area contributed by atoms with E-state index in [1.165, 1.54) is 12.1 Å². The van der Waals surface area contributed by atoms with Crippen molar-refractivity contribution in [2.75, 3.05) is 6.54 Å². The van der Waals surface area contributed by atoms with E-state index in [-0.39, 0.29) is 11.5 Å². The van der Waals surface area contributed by atoms with Crippen LogP contribution in [0.3, 0.4) is 0 Å². The van der Waals surface area contributed by atoms with Crippen LogP contribution < -0.4 is 5.32 Å².